The Labute approximate surface area is 100 Å². The second-order valence-electron chi connectivity index (χ2n) is 4.13. The van der Waals surface area contributed by atoms with Crippen molar-refractivity contribution in [3.8, 4) is 11.5 Å². The predicted octanol–water partition coefficient (Wildman–Crippen LogP) is 1.70. The van der Waals surface area contributed by atoms with Gasteiger partial charge in [-0.3, -0.25) is 4.98 Å². The highest BCUT2D eigenvalue weighted by molar-refractivity contribution is 5.55. The molecular formula is C13H14N4. The molecule has 86 valence electrons. The summed E-state index contributed by atoms with van der Waals surface area (Å²) >= 11 is 0. The number of hydrogen-bond acceptors (Lipinski definition) is 4. The van der Waals surface area contributed by atoms with Gasteiger partial charge in [0.25, 0.3) is 0 Å². The molecule has 0 bridgehead atoms. The van der Waals surface area contributed by atoms with Gasteiger partial charge in [-0.1, -0.05) is 13.0 Å². The molecule has 0 fully saturated rings. The molecule has 0 atom stereocenters. The summed E-state index contributed by atoms with van der Waals surface area (Å²) in [6, 6.07) is 4.04. The molecule has 0 amide bonds. The maximum Gasteiger partial charge on any atom is 0.178 e. The molecule has 0 aliphatic carbocycles. The molecule has 1 aliphatic heterocycles. The third-order valence-corrected chi connectivity index (χ3v) is 3.05. The molecule has 1 aliphatic rings. The van der Waals surface area contributed by atoms with E-state index in [2.05, 4.69) is 33.3 Å². The lowest BCUT2D eigenvalue weighted by Gasteiger charge is -2.06. The Hall–Kier alpha value is -1.81. The molecule has 4 nitrogen and oxygen atoms in total. The van der Waals surface area contributed by atoms with Gasteiger partial charge in [0.15, 0.2) is 5.82 Å². The molecule has 0 saturated carbocycles. The Morgan fingerprint density at radius 3 is 3.12 bits per heavy atom. The van der Waals surface area contributed by atoms with E-state index < -0.39 is 0 Å². The molecule has 3 rings (SSSR count). The summed E-state index contributed by atoms with van der Waals surface area (Å²) in [7, 11) is 0. The Bertz CT molecular complexity index is 551. The highest BCUT2D eigenvalue weighted by Gasteiger charge is 2.15. The molecule has 2 aromatic rings. The number of pyridine rings is 1. The number of aryl methyl sites for hydroxylation is 1. The first kappa shape index (κ1) is 10.4. The highest BCUT2D eigenvalue weighted by atomic mass is 15.0. The third kappa shape index (κ3) is 1.80. The maximum absolute atomic E-state index is 4.60. The van der Waals surface area contributed by atoms with Crippen LogP contribution in [0, 0.1) is 0 Å². The quantitative estimate of drug-likeness (QED) is 0.846. The monoisotopic (exact) mass is 226 g/mol. The fraction of sp³-hybridized carbons (Fsp3) is 0.308. The lowest BCUT2D eigenvalue weighted by atomic mass is 10.1. The van der Waals surface area contributed by atoms with Crippen molar-refractivity contribution in [1.82, 2.24) is 20.3 Å². The van der Waals surface area contributed by atoms with Crippen LogP contribution in [0.4, 0.5) is 0 Å². The number of aromatic nitrogens is 3. The zero-order chi connectivity index (χ0) is 11.7. The Morgan fingerprint density at radius 1 is 1.29 bits per heavy atom. The minimum atomic E-state index is 0.741. The van der Waals surface area contributed by atoms with E-state index in [1.807, 2.05) is 12.3 Å². The van der Waals surface area contributed by atoms with Gasteiger partial charge in [0.05, 0.1) is 5.69 Å². The summed E-state index contributed by atoms with van der Waals surface area (Å²) in [5, 5.41) is 3.27. The average molecular weight is 226 g/mol. The fourth-order valence-corrected chi connectivity index (χ4v) is 2.10. The molecule has 0 unspecified atom stereocenters. The van der Waals surface area contributed by atoms with E-state index in [-0.39, 0.29) is 0 Å². The van der Waals surface area contributed by atoms with Gasteiger partial charge in [-0.05, 0) is 18.1 Å². The van der Waals surface area contributed by atoms with Crippen LogP contribution in [0.25, 0.3) is 11.5 Å². The molecule has 1 N–H and O–H groups in total. The number of rotatable bonds is 2. The SMILES string of the molecule is CCc1cccnc1-c1ncc2c(n1)CNC2. The Kier molecular flexibility index (Phi) is 2.57. The van der Waals surface area contributed by atoms with Crippen LogP contribution in [-0.2, 0) is 19.5 Å². The highest BCUT2D eigenvalue weighted by Crippen LogP contribution is 2.20. The van der Waals surface area contributed by atoms with E-state index in [4.69, 9.17) is 0 Å². The zero-order valence-corrected chi connectivity index (χ0v) is 9.77. The number of hydrogen-bond donors (Lipinski definition) is 1. The van der Waals surface area contributed by atoms with Gasteiger partial charge in [-0.15, -0.1) is 0 Å². The smallest absolute Gasteiger partial charge is 0.178 e. The second-order valence-corrected chi connectivity index (χ2v) is 4.13. The fourth-order valence-electron chi connectivity index (χ4n) is 2.10. The van der Waals surface area contributed by atoms with E-state index in [1.165, 1.54) is 11.1 Å². The van der Waals surface area contributed by atoms with Crippen LogP contribution >= 0.6 is 0 Å². The summed E-state index contributed by atoms with van der Waals surface area (Å²) in [4.78, 5) is 13.4. The number of nitrogens with one attached hydrogen (secondary N) is 1. The van der Waals surface area contributed by atoms with Crippen LogP contribution in [0.5, 0.6) is 0 Å². The largest absolute Gasteiger partial charge is 0.307 e. The first-order chi connectivity index (χ1) is 8.38. The van der Waals surface area contributed by atoms with E-state index in [0.29, 0.717) is 0 Å². The molecule has 17 heavy (non-hydrogen) atoms. The minimum Gasteiger partial charge on any atom is -0.307 e. The van der Waals surface area contributed by atoms with Crippen LogP contribution in [0.15, 0.2) is 24.5 Å². The van der Waals surface area contributed by atoms with Crippen molar-refractivity contribution in [3.63, 3.8) is 0 Å². The first-order valence-electron chi connectivity index (χ1n) is 5.88. The van der Waals surface area contributed by atoms with Gasteiger partial charge in [0.1, 0.15) is 5.69 Å². The lowest BCUT2D eigenvalue weighted by molar-refractivity contribution is 0.758. The topological polar surface area (TPSA) is 50.7 Å². The molecule has 0 aromatic carbocycles. The summed E-state index contributed by atoms with van der Waals surface area (Å²) < 4.78 is 0. The van der Waals surface area contributed by atoms with Crippen LogP contribution in [0.1, 0.15) is 23.7 Å². The van der Waals surface area contributed by atoms with E-state index in [0.717, 1.165) is 36.7 Å². The van der Waals surface area contributed by atoms with Crippen molar-refractivity contribution >= 4 is 0 Å². The van der Waals surface area contributed by atoms with Crippen molar-refractivity contribution in [2.45, 2.75) is 26.4 Å². The van der Waals surface area contributed by atoms with Gasteiger partial charge in [0.2, 0.25) is 0 Å². The summed E-state index contributed by atoms with van der Waals surface area (Å²) in [6.07, 6.45) is 4.65. The summed E-state index contributed by atoms with van der Waals surface area (Å²) in [6.45, 7) is 3.83. The minimum absolute atomic E-state index is 0.741. The van der Waals surface area contributed by atoms with Crippen molar-refractivity contribution in [2.24, 2.45) is 0 Å². The number of nitrogens with zero attached hydrogens (tertiary/aromatic N) is 3. The van der Waals surface area contributed by atoms with Crippen LogP contribution in [0.3, 0.4) is 0 Å². The van der Waals surface area contributed by atoms with Crippen LogP contribution < -0.4 is 5.32 Å². The zero-order valence-electron chi connectivity index (χ0n) is 9.77. The molecule has 0 saturated heterocycles. The second kappa shape index (κ2) is 4.22. The summed E-state index contributed by atoms with van der Waals surface area (Å²) in [5.41, 5.74) is 4.40. The van der Waals surface area contributed by atoms with Crippen LogP contribution in [-0.4, -0.2) is 15.0 Å². The van der Waals surface area contributed by atoms with Crippen LogP contribution in [0.2, 0.25) is 0 Å². The van der Waals surface area contributed by atoms with Gasteiger partial charge in [-0.2, -0.15) is 0 Å². The normalized spacial score (nSPS) is 13.7. The predicted molar refractivity (Wildman–Crippen MR) is 65.2 cm³/mol. The van der Waals surface area contributed by atoms with Crippen molar-refractivity contribution in [2.75, 3.05) is 0 Å². The van der Waals surface area contributed by atoms with Crippen molar-refractivity contribution in [3.05, 3.63) is 41.3 Å². The molecular weight excluding hydrogens is 212 g/mol. The van der Waals surface area contributed by atoms with E-state index >= 15 is 0 Å². The lowest BCUT2D eigenvalue weighted by Crippen LogP contribution is -2.01. The number of fused-ring (bicyclic) bond motifs is 1. The molecule has 2 aromatic heterocycles. The first-order valence-corrected chi connectivity index (χ1v) is 5.88. The molecule has 0 spiro atoms. The maximum atomic E-state index is 4.60. The van der Waals surface area contributed by atoms with E-state index in [9.17, 15) is 0 Å². The standard InChI is InChI=1S/C13H14N4/c1-2-9-4-3-5-15-12(9)13-16-7-10-6-14-8-11(10)17-13/h3-5,7,14H,2,6,8H2,1H3. The Morgan fingerprint density at radius 2 is 2.24 bits per heavy atom. The van der Waals surface area contributed by atoms with Gasteiger partial charge >= 0.3 is 0 Å². The third-order valence-electron chi connectivity index (χ3n) is 3.05. The van der Waals surface area contributed by atoms with Gasteiger partial charge in [0, 0.05) is 31.0 Å². The van der Waals surface area contributed by atoms with E-state index in [1.54, 1.807) is 6.20 Å². The summed E-state index contributed by atoms with van der Waals surface area (Å²) in [5.74, 6) is 0.741. The van der Waals surface area contributed by atoms with Gasteiger partial charge in [-0.25, -0.2) is 9.97 Å². The molecule has 3 heterocycles. The van der Waals surface area contributed by atoms with Crippen molar-refractivity contribution in [1.29, 1.82) is 0 Å². The molecule has 0 radical (unpaired) electrons. The average Bonchev–Trinajstić information content (AvgIpc) is 2.85. The van der Waals surface area contributed by atoms with Crippen molar-refractivity contribution < 1.29 is 0 Å². The van der Waals surface area contributed by atoms with Gasteiger partial charge < -0.3 is 5.32 Å². The Balaban J connectivity index is 2.09. The molecule has 4 heteroatoms.